The molecular weight excluding hydrogens is 757 g/mol. The molecule has 0 bridgehead atoms. The molecule has 2 fully saturated rings. The number of rotatable bonds is 7. The highest BCUT2D eigenvalue weighted by Gasteiger charge is 2.55. The van der Waals surface area contributed by atoms with Crippen LogP contribution in [0.1, 0.15) is 120 Å². The summed E-state index contributed by atoms with van der Waals surface area (Å²) in [6.07, 6.45) is 46.6. The lowest BCUT2D eigenvalue weighted by Gasteiger charge is -2.44. The van der Waals surface area contributed by atoms with Gasteiger partial charge in [0.25, 0.3) is 0 Å². The third-order valence-corrected chi connectivity index (χ3v) is 16.9. The third kappa shape index (κ3) is 7.06. The number of hydrogen-bond acceptors (Lipinski definition) is 5. The van der Waals surface area contributed by atoms with Crippen LogP contribution in [-0.2, 0) is 4.74 Å². The van der Waals surface area contributed by atoms with Gasteiger partial charge in [0, 0.05) is 47.7 Å². The Morgan fingerprint density at radius 3 is 2.50 bits per heavy atom. The minimum Gasteiger partial charge on any atom is -0.492 e. The molecule has 2 saturated carbocycles. The molecule has 2 aromatic carbocycles. The maximum atomic E-state index is 7.46. The van der Waals surface area contributed by atoms with Crippen LogP contribution in [0, 0.1) is 35.5 Å². The summed E-state index contributed by atoms with van der Waals surface area (Å²) in [6, 6.07) is 21.4. The molecular formula is C57H66N4O. The fraction of sp³-hybridized carbons (Fsp3) is 0.491. The van der Waals surface area contributed by atoms with E-state index in [1.54, 1.807) is 22.3 Å². The summed E-state index contributed by atoms with van der Waals surface area (Å²) in [5.74, 6) is 5.53. The summed E-state index contributed by atoms with van der Waals surface area (Å²) in [5.41, 5.74) is 10.6. The average molecular weight is 823 g/mol. The molecule has 62 heavy (non-hydrogen) atoms. The summed E-state index contributed by atoms with van der Waals surface area (Å²) < 4.78 is 7.46. The number of nitrogens with zero attached hydrogens (tertiary/aromatic N) is 2. The molecule has 3 aliphatic heterocycles. The number of anilines is 1. The van der Waals surface area contributed by atoms with Gasteiger partial charge >= 0.3 is 0 Å². The molecule has 12 rings (SSSR count). The zero-order valence-electron chi connectivity index (χ0n) is 36.6. The van der Waals surface area contributed by atoms with E-state index < -0.39 is 0 Å². The van der Waals surface area contributed by atoms with Crippen molar-refractivity contribution in [3.63, 3.8) is 0 Å². The topological polar surface area (TPSA) is 48.9 Å². The van der Waals surface area contributed by atoms with E-state index in [4.69, 9.17) is 9.73 Å². The van der Waals surface area contributed by atoms with Gasteiger partial charge in [0.15, 0.2) is 0 Å². The van der Waals surface area contributed by atoms with Crippen LogP contribution in [0.2, 0.25) is 0 Å². The minimum atomic E-state index is 0.161. The lowest BCUT2D eigenvalue weighted by molar-refractivity contribution is 0.0491. The molecule has 0 amide bonds. The van der Waals surface area contributed by atoms with E-state index in [9.17, 15) is 0 Å². The Balaban J connectivity index is 0.879. The van der Waals surface area contributed by atoms with Crippen molar-refractivity contribution in [1.29, 1.82) is 0 Å². The Bertz CT molecular complexity index is 2300. The molecule has 11 atom stereocenters. The van der Waals surface area contributed by atoms with Crippen molar-refractivity contribution >= 4 is 17.1 Å². The third-order valence-electron chi connectivity index (χ3n) is 16.9. The van der Waals surface area contributed by atoms with E-state index in [2.05, 4.69) is 137 Å². The predicted octanol–water partition coefficient (Wildman–Crippen LogP) is 12.4. The van der Waals surface area contributed by atoms with Gasteiger partial charge in [-0.25, -0.2) is 0 Å². The average Bonchev–Trinajstić information content (AvgIpc) is 3.90. The quantitative estimate of drug-likeness (QED) is 0.273. The Morgan fingerprint density at radius 1 is 0.742 bits per heavy atom. The Kier molecular flexibility index (Phi) is 10.6. The van der Waals surface area contributed by atoms with E-state index in [1.807, 2.05) is 0 Å². The van der Waals surface area contributed by atoms with Crippen LogP contribution in [0.5, 0.6) is 0 Å². The molecule has 10 unspecified atom stereocenters. The smallest absolute Gasteiger partial charge is 0.126 e. The number of para-hydroxylation sites is 1. The highest BCUT2D eigenvalue weighted by molar-refractivity contribution is 5.89. The highest BCUT2D eigenvalue weighted by atomic mass is 16.5. The van der Waals surface area contributed by atoms with Gasteiger partial charge in [0.1, 0.15) is 23.9 Å². The van der Waals surface area contributed by atoms with Crippen LogP contribution in [0.3, 0.4) is 0 Å². The van der Waals surface area contributed by atoms with Crippen molar-refractivity contribution in [2.75, 3.05) is 4.90 Å². The number of amidine groups is 1. The van der Waals surface area contributed by atoms with E-state index >= 15 is 0 Å². The number of ether oxygens (including phenoxy) is 1. The molecule has 320 valence electrons. The molecule has 0 spiro atoms. The maximum absolute atomic E-state index is 7.46. The van der Waals surface area contributed by atoms with Crippen molar-refractivity contribution in [3.05, 3.63) is 155 Å². The maximum Gasteiger partial charge on any atom is 0.126 e. The largest absolute Gasteiger partial charge is 0.492 e. The zero-order valence-corrected chi connectivity index (χ0v) is 36.6. The number of benzene rings is 2. The summed E-state index contributed by atoms with van der Waals surface area (Å²) in [6.45, 7) is 0. The van der Waals surface area contributed by atoms with Crippen LogP contribution in [0.25, 0.3) is 5.57 Å². The van der Waals surface area contributed by atoms with Crippen molar-refractivity contribution in [3.8, 4) is 0 Å². The van der Waals surface area contributed by atoms with Crippen LogP contribution < -0.4 is 15.5 Å². The molecule has 0 radical (unpaired) electrons. The Morgan fingerprint density at radius 2 is 1.63 bits per heavy atom. The zero-order chi connectivity index (χ0) is 41.0. The number of hydrogen-bond donors (Lipinski definition) is 2. The van der Waals surface area contributed by atoms with Gasteiger partial charge in [-0.15, -0.1) is 0 Å². The first-order valence-electron chi connectivity index (χ1n) is 25.0. The molecule has 0 saturated heterocycles. The summed E-state index contributed by atoms with van der Waals surface area (Å²) in [7, 11) is 0. The van der Waals surface area contributed by atoms with E-state index in [-0.39, 0.29) is 24.4 Å². The molecule has 3 heterocycles. The Hall–Kier alpha value is -4.61. The second-order valence-electron chi connectivity index (χ2n) is 20.3. The second kappa shape index (κ2) is 16.8. The van der Waals surface area contributed by atoms with E-state index in [0.717, 1.165) is 38.5 Å². The Labute approximate surface area is 370 Å². The lowest BCUT2D eigenvalue weighted by Crippen LogP contribution is -2.60. The van der Waals surface area contributed by atoms with Gasteiger partial charge in [-0.1, -0.05) is 140 Å². The summed E-state index contributed by atoms with van der Waals surface area (Å²) >= 11 is 0. The van der Waals surface area contributed by atoms with E-state index in [0.29, 0.717) is 47.6 Å². The van der Waals surface area contributed by atoms with Gasteiger partial charge in [0.2, 0.25) is 0 Å². The summed E-state index contributed by atoms with van der Waals surface area (Å²) in [5, 5.41) is 8.25. The highest BCUT2D eigenvalue weighted by Crippen LogP contribution is 2.57. The molecule has 10 aliphatic rings. The molecule has 2 aromatic rings. The molecule has 5 heteroatoms. The number of allylic oxidation sites excluding steroid dienone is 12. The second-order valence-corrected chi connectivity index (χ2v) is 20.3. The monoisotopic (exact) mass is 823 g/mol. The SMILES string of the molecule is C1=CCC(C2NC(C3CC(C4=C(c5ccccc5)CCC=C4)CC=C3C3C=CC4=C(C3)OC3C4CCC4c5ccccc5N(C5C=CCCC5)C43)=N[C@H](C3CCCCC3)N2)C=C1. The predicted molar refractivity (Wildman–Crippen MR) is 254 cm³/mol. The normalized spacial score (nSPS) is 36.3. The van der Waals surface area contributed by atoms with Gasteiger partial charge < -0.3 is 15.0 Å². The molecule has 0 aromatic heterocycles. The van der Waals surface area contributed by atoms with Crippen LogP contribution in [0.15, 0.2) is 149 Å². The molecule has 2 N–H and O–H groups in total. The van der Waals surface area contributed by atoms with Crippen molar-refractivity contribution in [2.45, 2.75) is 139 Å². The van der Waals surface area contributed by atoms with Crippen LogP contribution in [0.4, 0.5) is 5.69 Å². The van der Waals surface area contributed by atoms with Crippen molar-refractivity contribution in [1.82, 2.24) is 10.6 Å². The first-order valence-corrected chi connectivity index (χ1v) is 25.0. The number of fused-ring (bicyclic) bond motifs is 6. The van der Waals surface area contributed by atoms with E-state index in [1.165, 1.54) is 92.6 Å². The van der Waals surface area contributed by atoms with Gasteiger partial charge in [0.05, 0.1) is 12.2 Å². The number of aliphatic imine (C=N–C) groups is 1. The molecule has 5 nitrogen and oxygen atoms in total. The first kappa shape index (κ1) is 39.0. The van der Waals surface area contributed by atoms with Gasteiger partial charge in [-0.2, -0.15) is 0 Å². The fourth-order valence-electron chi connectivity index (χ4n) is 14.0. The fourth-order valence-corrected chi connectivity index (χ4v) is 14.0. The van der Waals surface area contributed by atoms with Crippen LogP contribution >= 0.6 is 0 Å². The van der Waals surface area contributed by atoms with Crippen molar-refractivity contribution in [2.24, 2.45) is 40.5 Å². The number of nitrogens with one attached hydrogen (secondary N) is 2. The lowest BCUT2D eigenvalue weighted by atomic mass is 9.68. The summed E-state index contributed by atoms with van der Waals surface area (Å²) in [4.78, 5) is 8.63. The first-order chi connectivity index (χ1) is 30.7. The minimum absolute atomic E-state index is 0.161. The van der Waals surface area contributed by atoms with Crippen molar-refractivity contribution < 1.29 is 4.74 Å². The standard InChI is InChI=1S/C57H66N4O/c1-5-17-37(18-6-1)43-25-13-14-26-44(43)40-29-31-45(50(35-40)57-59-55(38-19-7-2-8-20-38)58-56(60-57)39-21-9-3-10-22-39)41-30-32-47-49-34-33-48-46-27-15-16-28-51(46)61(42-23-11-4-12-24-42)53(48)54(49)62-52(47)36-41/h1-2,5-8,11,14-19,23,26-28,30-32,38-42,48-50,53-56,58H,3-4,9-10,12-13,20-22,24-25,29,33-36H2,(H,59,60)/t38?,40?,41?,42?,48?,49?,50?,53?,54?,55?,56-/m1/s1. The molecule has 7 aliphatic carbocycles. The van der Waals surface area contributed by atoms with Gasteiger partial charge in [-0.3, -0.25) is 10.3 Å². The van der Waals surface area contributed by atoms with Gasteiger partial charge in [-0.05, 0) is 123 Å². The van der Waals surface area contributed by atoms with Crippen LogP contribution in [-0.4, -0.2) is 36.4 Å².